The standard InChI is InChI=1S/C9H19NO.ClH/c11-8-2-1-3-9-4-6-10-7-5-9;/h9-11H,1-8H2;1H. The molecule has 12 heavy (non-hydrogen) atoms. The van der Waals surface area contributed by atoms with Gasteiger partial charge in [0.1, 0.15) is 0 Å². The lowest BCUT2D eigenvalue weighted by molar-refractivity contribution is 0.270. The molecule has 1 fully saturated rings. The first-order valence-electron chi connectivity index (χ1n) is 4.75. The van der Waals surface area contributed by atoms with Crippen LogP contribution in [0.3, 0.4) is 0 Å². The number of piperidine rings is 1. The van der Waals surface area contributed by atoms with Gasteiger partial charge in [-0.15, -0.1) is 12.4 Å². The molecule has 1 heterocycles. The van der Waals surface area contributed by atoms with Gasteiger partial charge in [0.15, 0.2) is 0 Å². The van der Waals surface area contributed by atoms with Gasteiger partial charge < -0.3 is 10.4 Å². The van der Waals surface area contributed by atoms with Crippen LogP contribution in [0.1, 0.15) is 32.1 Å². The molecule has 0 radical (unpaired) electrons. The average molecular weight is 194 g/mol. The Kier molecular flexibility index (Phi) is 7.98. The van der Waals surface area contributed by atoms with Crippen LogP contribution in [0.4, 0.5) is 0 Å². The van der Waals surface area contributed by atoms with Crippen molar-refractivity contribution in [1.29, 1.82) is 0 Å². The van der Waals surface area contributed by atoms with Gasteiger partial charge in [0, 0.05) is 6.61 Å². The van der Waals surface area contributed by atoms with Crippen LogP contribution < -0.4 is 5.32 Å². The molecule has 1 aliphatic heterocycles. The molecule has 0 amide bonds. The van der Waals surface area contributed by atoms with Gasteiger partial charge in [-0.2, -0.15) is 0 Å². The summed E-state index contributed by atoms with van der Waals surface area (Å²) in [4.78, 5) is 0. The molecule has 1 aliphatic rings. The molecule has 0 aromatic rings. The largest absolute Gasteiger partial charge is 0.396 e. The second kappa shape index (κ2) is 7.84. The zero-order valence-electron chi connectivity index (χ0n) is 7.59. The zero-order valence-corrected chi connectivity index (χ0v) is 8.41. The van der Waals surface area contributed by atoms with E-state index in [0.29, 0.717) is 6.61 Å². The molecular formula is C9H20ClNO. The summed E-state index contributed by atoms with van der Waals surface area (Å²) in [5.41, 5.74) is 0. The van der Waals surface area contributed by atoms with Gasteiger partial charge in [-0.05, 0) is 38.3 Å². The number of hydrogen-bond donors (Lipinski definition) is 2. The van der Waals surface area contributed by atoms with E-state index >= 15 is 0 Å². The van der Waals surface area contributed by atoms with Crippen molar-refractivity contribution in [3.05, 3.63) is 0 Å². The molecule has 0 spiro atoms. The number of aliphatic hydroxyl groups is 1. The van der Waals surface area contributed by atoms with Gasteiger partial charge in [-0.1, -0.05) is 12.8 Å². The monoisotopic (exact) mass is 193 g/mol. The van der Waals surface area contributed by atoms with Crippen LogP contribution in [0.2, 0.25) is 0 Å². The van der Waals surface area contributed by atoms with Crippen molar-refractivity contribution in [1.82, 2.24) is 5.32 Å². The van der Waals surface area contributed by atoms with Crippen LogP contribution in [0.5, 0.6) is 0 Å². The molecule has 1 rings (SSSR count). The number of halogens is 1. The van der Waals surface area contributed by atoms with Gasteiger partial charge in [0.05, 0.1) is 0 Å². The van der Waals surface area contributed by atoms with Crippen molar-refractivity contribution in [3.8, 4) is 0 Å². The normalized spacial score (nSPS) is 18.8. The molecular weight excluding hydrogens is 174 g/mol. The highest BCUT2D eigenvalue weighted by molar-refractivity contribution is 5.85. The Labute approximate surface area is 81.2 Å². The quantitative estimate of drug-likeness (QED) is 0.665. The van der Waals surface area contributed by atoms with E-state index < -0.39 is 0 Å². The van der Waals surface area contributed by atoms with E-state index in [4.69, 9.17) is 5.11 Å². The first-order chi connectivity index (χ1) is 5.43. The fraction of sp³-hybridized carbons (Fsp3) is 1.00. The third-order valence-corrected chi connectivity index (χ3v) is 2.48. The smallest absolute Gasteiger partial charge is 0.0431 e. The van der Waals surface area contributed by atoms with Crippen LogP contribution in [0, 0.1) is 5.92 Å². The predicted molar refractivity (Wildman–Crippen MR) is 53.8 cm³/mol. The lowest BCUT2D eigenvalue weighted by Crippen LogP contribution is -2.27. The number of hydrogen-bond acceptors (Lipinski definition) is 2. The highest BCUT2D eigenvalue weighted by Crippen LogP contribution is 2.18. The molecule has 2 N–H and O–H groups in total. The van der Waals surface area contributed by atoms with Crippen molar-refractivity contribution in [2.45, 2.75) is 32.1 Å². The van der Waals surface area contributed by atoms with E-state index in [-0.39, 0.29) is 12.4 Å². The number of rotatable bonds is 4. The Hall–Kier alpha value is 0.210. The van der Waals surface area contributed by atoms with E-state index in [9.17, 15) is 0 Å². The first-order valence-corrected chi connectivity index (χ1v) is 4.75. The highest BCUT2D eigenvalue weighted by Gasteiger charge is 2.11. The van der Waals surface area contributed by atoms with Crippen LogP contribution in [-0.2, 0) is 0 Å². The summed E-state index contributed by atoms with van der Waals surface area (Å²) in [6, 6.07) is 0. The van der Waals surface area contributed by atoms with Crippen molar-refractivity contribution in [2.75, 3.05) is 19.7 Å². The molecule has 2 nitrogen and oxygen atoms in total. The minimum Gasteiger partial charge on any atom is -0.396 e. The van der Waals surface area contributed by atoms with Crippen LogP contribution in [0.25, 0.3) is 0 Å². The van der Waals surface area contributed by atoms with Crippen molar-refractivity contribution in [3.63, 3.8) is 0 Å². The second-order valence-corrected chi connectivity index (χ2v) is 3.41. The van der Waals surface area contributed by atoms with E-state index in [1.165, 1.54) is 38.8 Å². The Morgan fingerprint density at radius 1 is 1.17 bits per heavy atom. The molecule has 3 heteroatoms. The summed E-state index contributed by atoms with van der Waals surface area (Å²) in [6.07, 6.45) is 6.20. The van der Waals surface area contributed by atoms with E-state index in [1.807, 2.05) is 0 Å². The fourth-order valence-electron chi connectivity index (χ4n) is 1.72. The van der Waals surface area contributed by atoms with E-state index in [0.717, 1.165) is 12.3 Å². The average Bonchev–Trinajstić information content (AvgIpc) is 2.07. The van der Waals surface area contributed by atoms with E-state index in [1.54, 1.807) is 0 Å². The molecule has 0 unspecified atom stereocenters. The van der Waals surface area contributed by atoms with Crippen molar-refractivity contribution in [2.24, 2.45) is 5.92 Å². The molecule has 0 bridgehead atoms. The number of unbranched alkanes of at least 4 members (excludes halogenated alkanes) is 1. The summed E-state index contributed by atoms with van der Waals surface area (Å²) in [7, 11) is 0. The summed E-state index contributed by atoms with van der Waals surface area (Å²) in [6.45, 7) is 2.76. The molecule has 0 saturated carbocycles. The lowest BCUT2D eigenvalue weighted by Gasteiger charge is -2.22. The van der Waals surface area contributed by atoms with Crippen LogP contribution in [-0.4, -0.2) is 24.8 Å². The third kappa shape index (κ3) is 4.96. The summed E-state index contributed by atoms with van der Waals surface area (Å²) in [5.74, 6) is 0.933. The third-order valence-electron chi connectivity index (χ3n) is 2.48. The Bertz CT molecular complexity index is 94.5. The van der Waals surface area contributed by atoms with Gasteiger partial charge in [0.2, 0.25) is 0 Å². The maximum absolute atomic E-state index is 8.58. The molecule has 0 aliphatic carbocycles. The second-order valence-electron chi connectivity index (χ2n) is 3.41. The molecule has 1 saturated heterocycles. The maximum Gasteiger partial charge on any atom is 0.0431 e. The Balaban J connectivity index is 0.00000121. The number of nitrogens with one attached hydrogen (secondary N) is 1. The molecule has 74 valence electrons. The topological polar surface area (TPSA) is 32.3 Å². The lowest BCUT2D eigenvalue weighted by atomic mass is 9.93. The van der Waals surface area contributed by atoms with Gasteiger partial charge in [-0.3, -0.25) is 0 Å². The minimum atomic E-state index is 0. The predicted octanol–water partition coefficient (Wildman–Crippen LogP) is 1.57. The van der Waals surface area contributed by atoms with Gasteiger partial charge in [-0.25, -0.2) is 0 Å². The SMILES string of the molecule is Cl.OCCCCC1CCNCC1. The minimum absolute atomic E-state index is 0. The Morgan fingerprint density at radius 2 is 1.83 bits per heavy atom. The summed E-state index contributed by atoms with van der Waals surface area (Å²) < 4.78 is 0. The Morgan fingerprint density at radius 3 is 2.42 bits per heavy atom. The maximum atomic E-state index is 8.58. The first kappa shape index (κ1) is 12.2. The highest BCUT2D eigenvalue weighted by atomic mass is 35.5. The van der Waals surface area contributed by atoms with Crippen molar-refractivity contribution < 1.29 is 5.11 Å². The zero-order chi connectivity index (χ0) is 7.94. The fourth-order valence-corrected chi connectivity index (χ4v) is 1.72. The molecule has 0 atom stereocenters. The number of aliphatic hydroxyl groups excluding tert-OH is 1. The van der Waals surface area contributed by atoms with E-state index in [2.05, 4.69) is 5.32 Å². The van der Waals surface area contributed by atoms with Crippen LogP contribution >= 0.6 is 12.4 Å². The van der Waals surface area contributed by atoms with Crippen LogP contribution in [0.15, 0.2) is 0 Å². The summed E-state index contributed by atoms with van der Waals surface area (Å²) >= 11 is 0. The molecule has 0 aromatic heterocycles. The molecule has 0 aromatic carbocycles. The van der Waals surface area contributed by atoms with Gasteiger partial charge in [0.25, 0.3) is 0 Å². The summed E-state index contributed by atoms with van der Waals surface area (Å²) in [5, 5.41) is 11.9. The van der Waals surface area contributed by atoms with Crippen molar-refractivity contribution >= 4 is 12.4 Å². The van der Waals surface area contributed by atoms with Gasteiger partial charge >= 0.3 is 0 Å².